The Morgan fingerprint density at radius 1 is 1.40 bits per heavy atom. The van der Waals surface area contributed by atoms with Crippen LogP contribution >= 0.6 is 11.6 Å². The summed E-state index contributed by atoms with van der Waals surface area (Å²) in [6, 6.07) is 0. The Balaban J connectivity index is 2.74. The van der Waals surface area contributed by atoms with E-state index in [1.54, 1.807) is 7.11 Å². The van der Waals surface area contributed by atoms with Crippen LogP contribution in [0.1, 0.15) is 33.6 Å². The summed E-state index contributed by atoms with van der Waals surface area (Å²) in [6.45, 7) is 7.06. The molecule has 15 heavy (non-hydrogen) atoms. The summed E-state index contributed by atoms with van der Waals surface area (Å²) < 4.78 is 11.2. The van der Waals surface area contributed by atoms with Gasteiger partial charge in [-0.2, -0.15) is 0 Å². The van der Waals surface area contributed by atoms with Crippen molar-refractivity contribution in [2.45, 2.75) is 51.0 Å². The third kappa shape index (κ3) is 3.31. The van der Waals surface area contributed by atoms with E-state index in [2.05, 4.69) is 19.2 Å². The van der Waals surface area contributed by atoms with E-state index < -0.39 is 5.72 Å². The summed E-state index contributed by atoms with van der Waals surface area (Å²) in [4.78, 5) is 0. The summed E-state index contributed by atoms with van der Waals surface area (Å²) in [5.41, 5.74) is -0.438. The lowest BCUT2D eigenvalue weighted by Gasteiger charge is -2.47. The van der Waals surface area contributed by atoms with Gasteiger partial charge >= 0.3 is 0 Å². The van der Waals surface area contributed by atoms with E-state index >= 15 is 0 Å². The molecule has 4 heteroatoms. The Morgan fingerprint density at radius 2 is 2.07 bits per heavy atom. The lowest BCUT2D eigenvalue weighted by molar-refractivity contribution is -0.120. The number of rotatable bonds is 4. The van der Waals surface area contributed by atoms with Gasteiger partial charge in [-0.15, -0.1) is 11.6 Å². The molecule has 0 bridgehead atoms. The van der Waals surface area contributed by atoms with E-state index in [1.807, 2.05) is 6.92 Å². The minimum Gasteiger partial charge on any atom is -0.378 e. The molecule has 1 saturated heterocycles. The predicted molar refractivity (Wildman–Crippen MR) is 62.3 cm³/mol. The van der Waals surface area contributed by atoms with Gasteiger partial charge in [0.15, 0.2) is 0 Å². The molecule has 0 spiro atoms. The Labute approximate surface area is 97.5 Å². The van der Waals surface area contributed by atoms with Crippen LogP contribution in [0.5, 0.6) is 0 Å². The maximum Gasteiger partial charge on any atom is 0.135 e. The zero-order chi connectivity index (χ0) is 11.5. The standard InChI is InChI=1S/C11H22ClNO2/c1-5-15-9-6-10(2,3)13-11(7-9,8-12)14-4/h9,13H,5-8H2,1-4H3. The predicted octanol–water partition coefficient (Wildman–Crippen LogP) is 2.13. The normalized spacial score (nSPS) is 35.4. The molecule has 1 fully saturated rings. The lowest BCUT2D eigenvalue weighted by atomic mass is 9.85. The summed E-state index contributed by atoms with van der Waals surface area (Å²) in [5.74, 6) is 0.441. The van der Waals surface area contributed by atoms with Gasteiger partial charge in [0, 0.05) is 25.7 Å². The number of alkyl halides is 1. The van der Waals surface area contributed by atoms with Crippen molar-refractivity contribution in [3.05, 3.63) is 0 Å². The quantitative estimate of drug-likeness (QED) is 0.758. The van der Waals surface area contributed by atoms with Crippen molar-refractivity contribution in [3.63, 3.8) is 0 Å². The highest BCUT2D eigenvalue weighted by atomic mass is 35.5. The molecule has 0 aromatic rings. The smallest absolute Gasteiger partial charge is 0.135 e. The number of nitrogens with one attached hydrogen (secondary N) is 1. The molecule has 2 unspecified atom stereocenters. The van der Waals surface area contributed by atoms with Gasteiger partial charge in [-0.3, -0.25) is 5.32 Å². The second-order valence-electron chi connectivity index (χ2n) is 4.83. The fraction of sp³-hybridized carbons (Fsp3) is 1.00. The largest absolute Gasteiger partial charge is 0.378 e. The van der Waals surface area contributed by atoms with Gasteiger partial charge < -0.3 is 9.47 Å². The van der Waals surface area contributed by atoms with Crippen LogP contribution in [0.4, 0.5) is 0 Å². The van der Waals surface area contributed by atoms with Gasteiger partial charge in [-0.05, 0) is 27.2 Å². The van der Waals surface area contributed by atoms with Crippen LogP contribution in [0, 0.1) is 0 Å². The third-order valence-electron chi connectivity index (χ3n) is 2.87. The first-order valence-electron chi connectivity index (χ1n) is 5.49. The molecule has 1 rings (SSSR count). The van der Waals surface area contributed by atoms with Crippen molar-refractivity contribution in [2.75, 3.05) is 19.6 Å². The van der Waals surface area contributed by atoms with Gasteiger partial charge in [-0.1, -0.05) is 0 Å². The zero-order valence-corrected chi connectivity index (χ0v) is 10.9. The van der Waals surface area contributed by atoms with Gasteiger partial charge in [0.2, 0.25) is 0 Å². The highest BCUT2D eigenvalue weighted by Gasteiger charge is 2.43. The van der Waals surface area contributed by atoms with Crippen LogP contribution in [0.25, 0.3) is 0 Å². The van der Waals surface area contributed by atoms with Gasteiger partial charge in [-0.25, -0.2) is 0 Å². The fourth-order valence-electron chi connectivity index (χ4n) is 2.36. The molecule has 0 aromatic heterocycles. The van der Waals surface area contributed by atoms with E-state index in [0.29, 0.717) is 5.88 Å². The van der Waals surface area contributed by atoms with Crippen molar-refractivity contribution in [3.8, 4) is 0 Å². The third-order valence-corrected chi connectivity index (χ3v) is 3.30. The molecule has 0 aromatic carbocycles. The zero-order valence-electron chi connectivity index (χ0n) is 10.1. The molecular weight excluding hydrogens is 214 g/mol. The minimum atomic E-state index is -0.441. The van der Waals surface area contributed by atoms with Crippen molar-refractivity contribution in [1.82, 2.24) is 5.32 Å². The molecular formula is C11H22ClNO2. The van der Waals surface area contributed by atoms with Crippen LogP contribution in [-0.2, 0) is 9.47 Å². The van der Waals surface area contributed by atoms with E-state index in [9.17, 15) is 0 Å². The van der Waals surface area contributed by atoms with Crippen molar-refractivity contribution >= 4 is 11.6 Å². The van der Waals surface area contributed by atoms with Crippen LogP contribution in [0.2, 0.25) is 0 Å². The number of methoxy groups -OCH3 is 1. The molecule has 3 nitrogen and oxygen atoms in total. The maximum absolute atomic E-state index is 5.99. The van der Waals surface area contributed by atoms with Crippen molar-refractivity contribution < 1.29 is 9.47 Å². The van der Waals surface area contributed by atoms with Crippen molar-refractivity contribution in [1.29, 1.82) is 0 Å². The number of hydrogen-bond donors (Lipinski definition) is 1. The number of ether oxygens (including phenoxy) is 2. The maximum atomic E-state index is 5.99. The van der Waals surface area contributed by atoms with Gasteiger partial charge in [0.25, 0.3) is 0 Å². The first kappa shape index (κ1) is 13.2. The first-order valence-corrected chi connectivity index (χ1v) is 6.02. The van der Waals surface area contributed by atoms with Crippen LogP contribution in [0.3, 0.4) is 0 Å². The van der Waals surface area contributed by atoms with Crippen LogP contribution in [0.15, 0.2) is 0 Å². The first-order chi connectivity index (χ1) is 6.97. The molecule has 1 N–H and O–H groups in total. The Bertz CT molecular complexity index is 205. The summed E-state index contributed by atoms with van der Waals surface area (Å²) in [5, 5.41) is 3.46. The van der Waals surface area contributed by atoms with E-state index in [-0.39, 0.29) is 11.6 Å². The Kier molecular flexibility index (Phi) is 4.41. The Hall–Kier alpha value is 0.170. The molecule has 0 amide bonds. The molecule has 0 saturated carbocycles. The van der Waals surface area contributed by atoms with Crippen LogP contribution in [-0.4, -0.2) is 37.0 Å². The number of piperidine rings is 1. The molecule has 0 radical (unpaired) electrons. The molecule has 1 aliphatic heterocycles. The second-order valence-corrected chi connectivity index (χ2v) is 5.09. The summed E-state index contributed by atoms with van der Waals surface area (Å²) >= 11 is 5.99. The molecule has 1 aliphatic rings. The minimum absolute atomic E-state index is 0.00296. The average Bonchev–Trinajstić information content (AvgIpc) is 2.16. The highest BCUT2D eigenvalue weighted by Crippen LogP contribution is 2.32. The van der Waals surface area contributed by atoms with Gasteiger partial charge in [0.1, 0.15) is 5.72 Å². The monoisotopic (exact) mass is 235 g/mol. The van der Waals surface area contributed by atoms with Gasteiger partial charge in [0.05, 0.1) is 12.0 Å². The molecule has 90 valence electrons. The van der Waals surface area contributed by atoms with Crippen LogP contribution < -0.4 is 5.32 Å². The SMILES string of the molecule is CCOC1CC(C)(C)NC(CCl)(OC)C1. The number of halogens is 1. The lowest BCUT2D eigenvalue weighted by Crippen LogP contribution is -2.64. The number of hydrogen-bond acceptors (Lipinski definition) is 3. The topological polar surface area (TPSA) is 30.5 Å². The van der Waals surface area contributed by atoms with E-state index in [1.165, 1.54) is 0 Å². The second kappa shape index (κ2) is 5.00. The molecule has 0 aliphatic carbocycles. The highest BCUT2D eigenvalue weighted by molar-refractivity contribution is 6.18. The Morgan fingerprint density at radius 3 is 2.53 bits per heavy atom. The van der Waals surface area contributed by atoms with E-state index in [0.717, 1.165) is 19.4 Å². The summed E-state index contributed by atoms with van der Waals surface area (Å²) in [7, 11) is 1.69. The van der Waals surface area contributed by atoms with Crippen molar-refractivity contribution in [2.24, 2.45) is 0 Å². The fourth-order valence-corrected chi connectivity index (χ4v) is 2.64. The average molecular weight is 236 g/mol. The van der Waals surface area contributed by atoms with E-state index in [4.69, 9.17) is 21.1 Å². The molecule has 2 atom stereocenters. The molecule has 1 heterocycles. The summed E-state index contributed by atoms with van der Waals surface area (Å²) in [6.07, 6.45) is 2.03.